The fourth-order valence-electron chi connectivity index (χ4n) is 2.32. The van der Waals surface area contributed by atoms with Crippen LogP contribution < -0.4 is 4.74 Å². The third-order valence-corrected chi connectivity index (χ3v) is 4.22. The number of hydrogen-bond acceptors (Lipinski definition) is 2. The number of rotatable bonds is 4. The Hall–Kier alpha value is -2.33. The Morgan fingerprint density at radius 1 is 0.955 bits per heavy atom. The van der Waals surface area contributed by atoms with Gasteiger partial charge in [-0.2, -0.15) is 0 Å². The normalized spacial score (nSPS) is 12.0. The number of ether oxygens (including phenoxy) is 1. The molecule has 0 aliphatic heterocycles. The zero-order valence-electron chi connectivity index (χ0n) is 11.6. The third-order valence-electron chi connectivity index (χ3n) is 3.40. The van der Waals surface area contributed by atoms with Crippen LogP contribution in [0.5, 0.6) is 5.75 Å². The van der Waals surface area contributed by atoms with Gasteiger partial charge in [0.15, 0.2) is 0 Å². The standard InChI is InChI=1S/C18H13BrO3/c19-16-14-9-5-4-6-12(14)10-11-15(16)22-17(18(20)21)13-7-2-1-3-8-13/h1-11,17H,(H,20,21). The lowest BCUT2D eigenvalue weighted by Gasteiger charge is -2.17. The smallest absolute Gasteiger partial charge is 0.349 e. The van der Waals surface area contributed by atoms with Crippen molar-refractivity contribution < 1.29 is 14.6 Å². The number of hydrogen-bond donors (Lipinski definition) is 1. The monoisotopic (exact) mass is 356 g/mol. The van der Waals surface area contributed by atoms with E-state index in [9.17, 15) is 9.90 Å². The fraction of sp³-hybridized carbons (Fsp3) is 0.0556. The van der Waals surface area contributed by atoms with Crippen molar-refractivity contribution in [1.29, 1.82) is 0 Å². The molecule has 0 fully saturated rings. The van der Waals surface area contributed by atoms with Crippen LogP contribution in [0, 0.1) is 0 Å². The minimum absolute atomic E-state index is 0.509. The molecule has 0 heterocycles. The second-order valence-corrected chi connectivity index (χ2v) is 5.64. The Kier molecular flexibility index (Phi) is 4.11. The van der Waals surface area contributed by atoms with Crippen LogP contribution in [-0.4, -0.2) is 11.1 Å². The van der Waals surface area contributed by atoms with Gasteiger partial charge in [0.05, 0.1) is 4.47 Å². The minimum Gasteiger partial charge on any atom is -0.478 e. The maximum Gasteiger partial charge on any atom is 0.349 e. The van der Waals surface area contributed by atoms with Gasteiger partial charge in [0, 0.05) is 5.56 Å². The van der Waals surface area contributed by atoms with Crippen molar-refractivity contribution in [2.24, 2.45) is 0 Å². The highest BCUT2D eigenvalue weighted by molar-refractivity contribution is 9.10. The number of carboxylic acid groups (broad SMARTS) is 1. The number of carboxylic acids is 1. The van der Waals surface area contributed by atoms with Crippen LogP contribution in [0.2, 0.25) is 0 Å². The highest BCUT2D eigenvalue weighted by Gasteiger charge is 2.23. The van der Waals surface area contributed by atoms with Crippen LogP contribution in [0.15, 0.2) is 71.2 Å². The fourth-order valence-corrected chi connectivity index (χ4v) is 2.91. The van der Waals surface area contributed by atoms with Crippen LogP contribution in [-0.2, 0) is 4.79 Å². The molecule has 1 atom stereocenters. The van der Waals surface area contributed by atoms with E-state index in [0.717, 1.165) is 15.2 Å². The lowest BCUT2D eigenvalue weighted by Crippen LogP contribution is -2.18. The summed E-state index contributed by atoms with van der Waals surface area (Å²) in [7, 11) is 0. The van der Waals surface area contributed by atoms with Gasteiger partial charge >= 0.3 is 5.97 Å². The van der Waals surface area contributed by atoms with E-state index < -0.39 is 12.1 Å². The van der Waals surface area contributed by atoms with Crippen molar-refractivity contribution >= 4 is 32.7 Å². The first-order chi connectivity index (χ1) is 10.7. The Morgan fingerprint density at radius 2 is 1.64 bits per heavy atom. The number of aliphatic carboxylic acids is 1. The zero-order chi connectivity index (χ0) is 15.5. The maximum atomic E-state index is 11.5. The summed E-state index contributed by atoms with van der Waals surface area (Å²) in [5.41, 5.74) is 0.607. The van der Waals surface area contributed by atoms with E-state index in [1.807, 2.05) is 36.4 Å². The summed E-state index contributed by atoms with van der Waals surface area (Å²) in [6.07, 6.45) is -1.04. The Morgan fingerprint density at radius 3 is 2.36 bits per heavy atom. The molecule has 1 unspecified atom stereocenters. The molecule has 0 aliphatic carbocycles. The first kappa shape index (κ1) is 14.6. The topological polar surface area (TPSA) is 46.5 Å². The van der Waals surface area contributed by atoms with Crippen LogP contribution >= 0.6 is 15.9 Å². The summed E-state index contributed by atoms with van der Waals surface area (Å²) in [4.78, 5) is 11.5. The second kappa shape index (κ2) is 6.20. The average Bonchev–Trinajstić information content (AvgIpc) is 2.55. The van der Waals surface area contributed by atoms with E-state index in [1.54, 1.807) is 30.3 Å². The predicted molar refractivity (Wildman–Crippen MR) is 89.1 cm³/mol. The first-order valence-electron chi connectivity index (χ1n) is 6.78. The van der Waals surface area contributed by atoms with Gasteiger partial charge in [0.2, 0.25) is 6.10 Å². The van der Waals surface area contributed by atoms with Gasteiger partial charge in [-0.3, -0.25) is 0 Å². The molecule has 3 aromatic carbocycles. The highest BCUT2D eigenvalue weighted by atomic mass is 79.9. The molecule has 0 aliphatic rings. The van der Waals surface area contributed by atoms with Gasteiger partial charge in [0.25, 0.3) is 0 Å². The summed E-state index contributed by atoms with van der Waals surface area (Å²) in [6, 6.07) is 20.5. The molecular weight excluding hydrogens is 344 g/mol. The molecule has 0 aromatic heterocycles. The Bertz CT molecular complexity index is 815. The van der Waals surface area contributed by atoms with Gasteiger partial charge in [-0.05, 0) is 32.8 Å². The summed E-state index contributed by atoms with van der Waals surface area (Å²) >= 11 is 3.51. The van der Waals surface area contributed by atoms with Crippen LogP contribution in [0.1, 0.15) is 11.7 Å². The van der Waals surface area contributed by atoms with E-state index in [2.05, 4.69) is 15.9 Å². The van der Waals surface area contributed by atoms with Crippen molar-refractivity contribution in [3.05, 3.63) is 76.8 Å². The third kappa shape index (κ3) is 2.83. The van der Waals surface area contributed by atoms with Crippen molar-refractivity contribution in [3.8, 4) is 5.75 Å². The molecule has 0 saturated carbocycles. The van der Waals surface area contributed by atoms with Gasteiger partial charge in [-0.1, -0.05) is 60.7 Å². The predicted octanol–water partition coefficient (Wildman–Crippen LogP) is 4.81. The Balaban J connectivity index is 2.00. The number of halogens is 1. The molecule has 4 heteroatoms. The number of fused-ring (bicyclic) bond motifs is 1. The van der Waals surface area contributed by atoms with Crippen LogP contribution in [0.3, 0.4) is 0 Å². The average molecular weight is 357 g/mol. The quantitative estimate of drug-likeness (QED) is 0.729. The van der Waals surface area contributed by atoms with Gasteiger partial charge in [0.1, 0.15) is 5.75 Å². The van der Waals surface area contributed by atoms with E-state index in [-0.39, 0.29) is 0 Å². The molecule has 0 bridgehead atoms. The molecule has 3 aromatic rings. The molecule has 0 saturated heterocycles. The van der Waals surface area contributed by atoms with Crippen molar-refractivity contribution in [3.63, 3.8) is 0 Å². The van der Waals surface area contributed by atoms with E-state index in [1.165, 1.54) is 0 Å². The van der Waals surface area contributed by atoms with Gasteiger partial charge in [-0.15, -0.1) is 0 Å². The lowest BCUT2D eigenvalue weighted by atomic mass is 10.1. The SMILES string of the molecule is O=C(O)C(Oc1ccc2ccccc2c1Br)c1ccccc1. The minimum atomic E-state index is -1.04. The lowest BCUT2D eigenvalue weighted by molar-refractivity contribution is -0.145. The van der Waals surface area contributed by atoms with E-state index in [0.29, 0.717) is 11.3 Å². The first-order valence-corrected chi connectivity index (χ1v) is 7.58. The van der Waals surface area contributed by atoms with Gasteiger partial charge in [-0.25, -0.2) is 4.79 Å². The summed E-state index contributed by atoms with van der Waals surface area (Å²) < 4.78 is 6.51. The molecular formula is C18H13BrO3. The molecule has 0 spiro atoms. The molecule has 110 valence electrons. The number of carbonyl (C=O) groups is 1. The van der Waals surface area contributed by atoms with Crippen LogP contribution in [0.25, 0.3) is 10.8 Å². The van der Waals surface area contributed by atoms with Crippen molar-refractivity contribution in [2.45, 2.75) is 6.10 Å². The number of benzene rings is 3. The molecule has 3 nitrogen and oxygen atoms in total. The summed E-state index contributed by atoms with van der Waals surface area (Å²) in [5.74, 6) is -0.513. The van der Waals surface area contributed by atoms with Gasteiger partial charge < -0.3 is 9.84 Å². The van der Waals surface area contributed by atoms with E-state index >= 15 is 0 Å². The Labute approximate surface area is 136 Å². The second-order valence-electron chi connectivity index (χ2n) is 4.85. The van der Waals surface area contributed by atoms with Crippen molar-refractivity contribution in [1.82, 2.24) is 0 Å². The molecule has 0 radical (unpaired) electrons. The van der Waals surface area contributed by atoms with Crippen LogP contribution in [0.4, 0.5) is 0 Å². The zero-order valence-corrected chi connectivity index (χ0v) is 13.2. The summed E-state index contributed by atoms with van der Waals surface area (Å²) in [5, 5.41) is 11.5. The van der Waals surface area contributed by atoms with E-state index in [4.69, 9.17) is 4.74 Å². The maximum absolute atomic E-state index is 11.5. The molecule has 3 rings (SSSR count). The molecule has 1 N–H and O–H groups in total. The molecule has 22 heavy (non-hydrogen) atoms. The van der Waals surface area contributed by atoms with Crippen molar-refractivity contribution in [2.75, 3.05) is 0 Å². The molecule has 0 amide bonds. The summed E-state index contributed by atoms with van der Waals surface area (Å²) in [6.45, 7) is 0. The largest absolute Gasteiger partial charge is 0.478 e. The highest BCUT2D eigenvalue weighted by Crippen LogP contribution is 2.35.